The number of hydrogen-bond donors (Lipinski definition) is 4. The highest BCUT2D eigenvalue weighted by Gasteiger charge is 2.28. The largest absolute Gasteiger partial charge is 0.395 e. The van der Waals surface area contributed by atoms with Crippen molar-refractivity contribution in [3.05, 3.63) is 41.8 Å². The number of aliphatic hydroxyl groups is 1. The number of pyridine rings is 2. The van der Waals surface area contributed by atoms with E-state index in [9.17, 15) is 4.79 Å². The van der Waals surface area contributed by atoms with E-state index in [1.54, 1.807) is 12.4 Å². The lowest BCUT2D eigenvalue weighted by atomic mass is 9.89. The van der Waals surface area contributed by atoms with Gasteiger partial charge in [0.25, 0.3) is 0 Å². The normalized spacial score (nSPS) is 21.8. The first-order valence-corrected chi connectivity index (χ1v) is 13.0. The van der Waals surface area contributed by atoms with Crippen molar-refractivity contribution < 1.29 is 9.90 Å². The second-order valence-corrected chi connectivity index (χ2v) is 10.0. The smallest absolute Gasteiger partial charge is 0.223 e. The number of carbonyl (C=O) groups excluding carboxylic acids is 1. The van der Waals surface area contributed by atoms with Crippen molar-refractivity contribution in [3.8, 4) is 11.1 Å². The van der Waals surface area contributed by atoms with Crippen LogP contribution in [-0.2, 0) is 4.79 Å². The number of carbonyl (C=O) groups is 1. The van der Waals surface area contributed by atoms with Gasteiger partial charge in [-0.1, -0.05) is 11.6 Å². The molecule has 9 heteroatoms. The molecule has 1 saturated carbocycles. The van der Waals surface area contributed by atoms with Gasteiger partial charge in [0, 0.05) is 59.7 Å². The van der Waals surface area contributed by atoms with Crippen molar-refractivity contribution in [2.24, 2.45) is 5.92 Å². The van der Waals surface area contributed by atoms with Crippen LogP contribution in [0.3, 0.4) is 0 Å². The number of aliphatic hydroxyl groups excluding tert-OH is 1. The van der Waals surface area contributed by atoms with Crippen molar-refractivity contribution in [2.45, 2.75) is 50.6 Å². The first-order valence-electron chi connectivity index (χ1n) is 12.6. The SMILES string of the molecule is O=C(N[C@H]1CC[C@H](Nc2nccc(-c3c[nH]c4ncccc34)c2Cl)CC1)C1CCN(CCO)CC1. The fourth-order valence-corrected chi connectivity index (χ4v) is 5.65. The quantitative estimate of drug-likeness (QED) is 0.396. The summed E-state index contributed by atoms with van der Waals surface area (Å²) in [6.45, 7) is 2.65. The second-order valence-electron chi connectivity index (χ2n) is 9.66. The van der Waals surface area contributed by atoms with Gasteiger partial charge in [0.15, 0.2) is 0 Å². The Morgan fingerprint density at radius 2 is 1.83 bits per heavy atom. The minimum Gasteiger partial charge on any atom is -0.395 e. The molecule has 0 unspecified atom stereocenters. The average Bonchev–Trinajstić information content (AvgIpc) is 3.31. The third kappa shape index (κ3) is 5.44. The summed E-state index contributed by atoms with van der Waals surface area (Å²) in [5, 5.41) is 17.6. The Bertz CT molecular complexity index is 1150. The van der Waals surface area contributed by atoms with Crippen molar-refractivity contribution in [1.82, 2.24) is 25.2 Å². The van der Waals surface area contributed by atoms with Gasteiger partial charge in [-0.3, -0.25) is 4.79 Å². The molecule has 35 heavy (non-hydrogen) atoms. The van der Waals surface area contributed by atoms with E-state index < -0.39 is 0 Å². The number of H-pyrrole nitrogens is 1. The Kier molecular flexibility index (Phi) is 7.51. The zero-order valence-corrected chi connectivity index (χ0v) is 20.6. The summed E-state index contributed by atoms with van der Waals surface area (Å²) in [6.07, 6.45) is 11.0. The number of piperidine rings is 1. The second kappa shape index (κ2) is 10.9. The number of fused-ring (bicyclic) bond motifs is 1. The Balaban J connectivity index is 1.15. The Hall–Kier alpha value is -2.68. The van der Waals surface area contributed by atoms with Crippen LogP contribution in [0.5, 0.6) is 0 Å². The number of nitrogens with zero attached hydrogens (tertiary/aromatic N) is 3. The highest BCUT2D eigenvalue weighted by molar-refractivity contribution is 6.36. The number of halogens is 1. The van der Waals surface area contributed by atoms with Gasteiger partial charge in [0.05, 0.1) is 11.6 Å². The number of likely N-dealkylation sites (tertiary alicyclic amines) is 1. The van der Waals surface area contributed by atoms with Crippen LogP contribution in [0.4, 0.5) is 5.82 Å². The summed E-state index contributed by atoms with van der Waals surface area (Å²) in [5.74, 6) is 0.978. The molecule has 0 radical (unpaired) electrons. The minimum atomic E-state index is 0.0891. The van der Waals surface area contributed by atoms with Gasteiger partial charge in [-0.15, -0.1) is 0 Å². The summed E-state index contributed by atoms with van der Waals surface area (Å²) in [7, 11) is 0. The van der Waals surface area contributed by atoms with Gasteiger partial charge >= 0.3 is 0 Å². The maximum absolute atomic E-state index is 12.8. The van der Waals surface area contributed by atoms with E-state index >= 15 is 0 Å². The summed E-state index contributed by atoms with van der Waals surface area (Å²) >= 11 is 6.80. The molecule has 2 aliphatic rings. The van der Waals surface area contributed by atoms with Gasteiger partial charge in [-0.25, -0.2) is 9.97 Å². The van der Waals surface area contributed by atoms with Gasteiger partial charge in [0.2, 0.25) is 5.91 Å². The van der Waals surface area contributed by atoms with E-state index in [0.717, 1.165) is 73.8 Å². The van der Waals surface area contributed by atoms with Gasteiger partial charge in [0.1, 0.15) is 11.5 Å². The number of β-amino-alcohol motifs (C(OH)–C–C–N with tert-alkyl or cyclic N) is 1. The number of nitrogens with one attached hydrogen (secondary N) is 3. The molecule has 4 N–H and O–H groups in total. The van der Waals surface area contributed by atoms with E-state index in [2.05, 4.69) is 30.5 Å². The molecule has 186 valence electrons. The van der Waals surface area contributed by atoms with Crippen LogP contribution in [0.15, 0.2) is 36.8 Å². The highest BCUT2D eigenvalue weighted by Crippen LogP contribution is 2.37. The number of rotatable bonds is 7. The summed E-state index contributed by atoms with van der Waals surface area (Å²) in [4.78, 5) is 27.1. The zero-order valence-electron chi connectivity index (χ0n) is 19.8. The molecule has 5 rings (SSSR count). The molecular formula is C26H33ClN6O2. The fraction of sp³-hybridized carbons (Fsp3) is 0.500. The summed E-state index contributed by atoms with van der Waals surface area (Å²) < 4.78 is 0. The standard InChI is InChI=1S/C26H33ClN6O2/c27-23-20(22-16-30-24-21(22)2-1-10-28-24)7-11-29-25(23)31-18-3-5-19(6-4-18)32-26(35)17-8-12-33(13-9-17)14-15-34/h1-2,7,10-11,16-19,34H,3-6,8-9,12-15H2,(H,28,30)(H,29,31)(H,32,35)/t18-,19-. The number of hydrogen-bond acceptors (Lipinski definition) is 6. The van der Waals surface area contributed by atoms with Crippen molar-refractivity contribution in [2.75, 3.05) is 31.6 Å². The molecule has 1 aliphatic heterocycles. The van der Waals surface area contributed by atoms with Crippen LogP contribution in [0.1, 0.15) is 38.5 Å². The predicted molar refractivity (Wildman–Crippen MR) is 138 cm³/mol. The topological polar surface area (TPSA) is 106 Å². The lowest BCUT2D eigenvalue weighted by Gasteiger charge is -2.34. The third-order valence-corrected chi connectivity index (χ3v) is 7.80. The van der Waals surface area contributed by atoms with Gasteiger partial charge in [-0.05, 0) is 69.8 Å². The van der Waals surface area contributed by atoms with Crippen LogP contribution in [0.2, 0.25) is 5.02 Å². The van der Waals surface area contributed by atoms with Crippen LogP contribution in [-0.4, -0.2) is 69.2 Å². The summed E-state index contributed by atoms with van der Waals surface area (Å²) in [6, 6.07) is 6.39. The first-order chi connectivity index (χ1) is 17.1. The van der Waals surface area contributed by atoms with Crippen LogP contribution < -0.4 is 10.6 Å². The molecule has 8 nitrogen and oxygen atoms in total. The van der Waals surface area contributed by atoms with Crippen molar-refractivity contribution >= 4 is 34.4 Å². The molecule has 1 amide bonds. The maximum Gasteiger partial charge on any atom is 0.223 e. The van der Waals surface area contributed by atoms with Crippen LogP contribution in [0.25, 0.3) is 22.2 Å². The average molecular weight is 497 g/mol. The zero-order chi connectivity index (χ0) is 24.2. The van der Waals surface area contributed by atoms with Gasteiger partial charge in [-0.2, -0.15) is 0 Å². The Labute approximate surface area is 210 Å². The van der Waals surface area contributed by atoms with Crippen molar-refractivity contribution in [3.63, 3.8) is 0 Å². The lowest BCUT2D eigenvalue weighted by molar-refractivity contribution is -0.127. The molecule has 3 aromatic heterocycles. The molecule has 0 aromatic carbocycles. The van der Waals surface area contributed by atoms with Gasteiger partial charge < -0.3 is 25.6 Å². The van der Waals surface area contributed by atoms with E-state index in [4.69, 9.17) is 16.7 Å². The van der Waals surface area contributed by atoms with E-state index in [-0.39, 0.29) is 30.5 Å². The van der Waals surface area contributed by atoms with E-state index in [0.29, 0.717) is 17.4 Å². The summed E-state index contributed by atoms with van der Waals surface area (Å²) in [5.41, 5.74) is 2.77. The van der Waals surface area contributed by atoms with Crippen molar-refractivity contribution in [1.29, 1.82) is 0 Å². The molecule has 0 spiro atoms. The monoisotopic (exact) mass is 496 g/mol. The fourth-order valence-electron chi connectivity index (χ4n) is 5.39. The van der Waals surface area contributed by atoms with E-state index in [1.807, 2.05) is 24.4 Å². The Morgan fingerprint density at radius 3 is 2.60 bits per heavy atom. The van der Waals surface area contributed by atoms with Crippen LogP contribution >= 0.6 is 11.6 Å². The third-order valence-electron chi connectivity index (χ3n) is 7.42. The highest BCUT2D eigenvalue weighted by atomic mass is 35.5. The maximum atomic E-state index is 12.8. The molecule has 3 aromatic rings. The molecular weight excluding hydrogens is 464 g/mol. The molecule has 0 bridgehead atoms. The molecule has 0 atom stereocenters. The molecule has 2 fully saturated rings. The predicted octanol–water partition coefficient (Wildman–Crippen LogP) is 3.82. The minimum absolute atomic E-state index is 0.0891. The Morgan fingerprint density at radius 1 is 1.06 bits per heavy atom. The molecule has 4 heterocycles. The number of amides is 1. The molecule has 1 aliphatic carbocycles. The number of aromatic nitrogens is 3. The first kappa shape index (κ1) is 24.0. The van der Waals surface area contributed by atoms with Crippen LogP contribution in [0, 0.1) is 5.92 Å². The number of anilines is 1. The number of aromatic amines is 1. The molecule has 1 saturated heterocycles. The van der Waals surface area contributed by atoms with E-state index in [1.165, 1.54) is 0 Å². The lowest BCUT2D eigenvalue weighted by Crippen LogP contribution is -2.46.